The number of benzene rings is 3. The summed E-state index contributed by atoms with van der Waals surface area (Å²) in [4.78, 5) is 263. The van der Waals surface area contributed by atoms with Crippen molar-refractivity contribution in [1.82, 2.24) is 93.0 Å². The van der Waals surface area contributed by atoms with Crippen molar-refractivity contribution < 1.29 is 86.6 Å². The Morgan fingerprint density at radius 2 is 1.08 bits per heavy atom. The molecular formula is C92H127ClN22O18S2. The number of nitrogens with zero attached hydrogens (tertiary/aromatic N) is 5. The van der Waals surface area contributed by atoms with E-state index in [9.17, 15) is 48.3 Å². The summed E-state index contributed by atoms with van der Waals surface area (Å²) in [7, 11) is 3.99. The summed E-state index contributed by atoms with van der Waals surface area (Å²) in [5.74, 6) is -16.8. The Balaban J connectivity index is 1.10. The fourth-order valence-electron chi connectivity index (χ4n) is 16.8. The normalized spacial score (nSPS) is 24.2. The number of aliphatic hydroxyl groups is 1. The lowest BCUT2D eigenvalue weighted by atomic mass is 10.00. The third-order valence-electron chi connectivity index (χ3n) is 24.3. The van der Waals surface area contributed by atoms with Gasteiger partial charge in [0, 0.05) is 111 Å². The molecule has 3 aromatic heterocycles. The van der Waals surface area contributed by atoms with Gasteiger partial charge < -0.3 is 115 Å². The minimum Gasteiger partial charge on any atom is -0.394 e. The molecule has 6 heterocycles. The van der Waals surface area contributed by atoms with Crippen LogP contribution < -0.4 is 75.7 Å². The van der Waals surface area contributed by atoms with Crippen molar-refractivity contribution in [3.8, 4) is 0 Å². The van der Waals surface area contributed by atoms with Gasteiger partial charge in [-0.15, -0.1) is 23.1 Å². The number of carbonyl (C=O) groups excluding carboxylic acids is 17. The quantitative estimate of drug-likeness (QED) is 0.0198. The van der Waals surface area contributed by atoms with Crippen LogP contribution in [0.25, 0.3) is 21.0 Å². The van der Waals surface area contributed by atoms with Gasteiger partial charge >= 0.3 is 0 Å². The van der Waals surface area contributed by atoms with Gasteiger partial charge in [-0.2, -0.15) is 0 Å². The summed E-state index contributed by atoms with van der Waals surface area (Å²) < 4.78 is 0.829. The second-order valence-electron chi connectivity index (χ2n) is 34.7. The largest absolute Gasteiger partial charge is 0.394 e. The molecule has 3 aliphatic rings. The number of para-hydroxylation sites is 1. The van der Waals surface area contributed by atoms with Crippen molar-refractivity contribution in [2.75, 3.05) is 65.4 Å². The van der Waals surface area contributed by atoms with Gasteiger partial charge in [0.15, 0.2) is 5.96 Å². The first-order chi connectivity index (χ1) is 64.4. The van der Waals surface area contributed by atoms with Crippen LogP contribution in [0, 0.1) is 11.3 Å². The number of guanidine groups is 1. The van der Waals surface area contributed by atoms with Crippen molar-refractivity contribution in [3.63, 3.8) is 0 Å². The van der Waals surface area contributed by atoms with E-state index in [1.165, 1.54) is 54.1 Å². The molecule has 3 fully saturated rings. The molecule has 3 aliphatic heterocycles. The predicted molar refractivity (Wildman–Crippen MR) is 507 cm³/mol. The number of hydrogen-bond donors (Lipinski definition) is 18. The smallest absolute Gasteiger partial charge is 0.246 e. The lowest BCUT2D eigenvalue weighted by Crippen LogP contribution is -2.62. The number of halogens is 1. The first-order valence-electron chi connectivity index (χ1n) is 45.5. The minimum atomic E-state index is -1.83. The van der Waals surface area contributed by atoms with Gasteiger partial charge in [-0.1, -0.05) is 114 Å². The van der Waals surface area contributed by atoms with Gasteiger partial charge in [-0.05, 0) is 134 Å². The van der Waals surface area contributed by atoms with E-state index in [4.69, 9.17) is 34.2 Å². The summed E-state index contributed by atoms with van der Waals surface area (Å²) >= 11 is 8.42. The standard InChI is InChI=1S/C92H127ClN22O18S2/c1-9-11-26-70-84(126)103-61(25-18-36-99-92(96)97)80(122)110-69(79(121)101-46-76(95)118)49-134-50-77(119)102-65(40-53-31-33-56(93)34-32-53)87(129)111(6)52(5)78(120)106-67(44-75(94)117)90(132)115-38-20-29-72(115)86(128)105-63(43-57-21-17-35-98-57)82(124)107-64(39-51(3)4)89(131)114-37-19-28-71(114)85(127)104-62(41-54-45-100-60-24-15-13-22-58(54)60)81(123)109-68(47-116)83(125)108-66(42-55-48-135-74-30-16-14-23-59(55)74)88(130)113(8)73(27-12-10-2)91(133)112(70)7/h13-17,21-24,30-35,45,48,51-52,61-73,98,100,116H,9-12,18-20,25-29,36-44,46-47,49-50H2,1-8H3,(H2,94,117)(H2,95,118)(H,101,121)(H,102,119)(H,103,126)(H,104,127)(H,105,128)(H,106,120)(H,107,124)(H,108,125)(H,109,123)(H,110,122)(H4,96,97,99)/t52-,61-,62-,63-,64-,65-,66-,67-,68-,69-,70-,71-,72-,73-/m0/s1. The number of unbranched alkanes of at least 4 members (excludes halogenated alkanes) is 2. The average Bonchev–Trinajstić information content (AvgIpc) is 1.75. The number of aliphatic hydroxyl groups excluding tert-OH is 1. The molecule has 9 rings (SSSR count). The van der Waals surface area contributed by atoms with Crippen LogP contribution in [0.5, 0.6) is 0 Å². The van der Waals surface area contributed by atoms with Crippen LogP contribution in [0.15, 0.2) is 103 Å². The number of nitrogens with two attached hydrogens (primary N) is 3. The fourth-order valence-corrected chi connectivity index (χ4v) is 18.7. The number of aromatic amines is 2. The molecule has 14 atom stereocenters. The van der Waals surface area contributed by atoms with E-state index in [0.717, 1.165) is 31.6 Å². The number of primary amides is 2. The zero-order valence-corrected chi connectivity index (χ0v) is 79.6. The number of rotatable bonds is 26. The number of amides is 17. The molecule has 43 heteroatoms. The topological polar surface area (TPSA) is 592 Å². The molecule has 0 radical (unpaired) electrons. The number of fused-ring (bicyclic) bond motifs is 4. The summed E-state index contributed by atoms with van der Waals surface area (Å²) in [5.41, 5.74) is 19.6. The number of hydrogen-bond acceptors (Lipinski definition) is 21. The van der Waals surface area contributed by atoms with Gasteiger partial charge in [0.1, 0.15) is 84.6 Å². The molecule has 40 nitrogen and oxygen atoms in total. The fraction of sp³-hybridized carbons (Fsp3) is 0.522. The molecule has 17 amide bonds. The lowest BCUT2D eigenvalue weighted by Gasteiger charge is -2.36. The van der Waals surface area contributed by atoms with E-state index in [2.05, 4.69) is 68.5 Å². The Labute approximate surface area is 796 Å². The summed E-state index contributed by atoms with van der Waals surface area (Å²) in [6.45, 7) is 6.78. The van der Waals surface area contributed by atoms with Crippen LogP contribution in [0.1, 0.15) is 147 Å². The van der Waals surface area contributed by atoms with Crippen LogP contribution in [-0.4, -0.2) is 296 Å². The molecular weight excluding hydrogens is 1800 g/mol. The van der Waals surface area contributed by atoms with Crippen molar-refractivity contribution in [1.29, 1.82) is 5.41 Å². The molecule has 3 saturated heterocycles. The third-order valence-corrected chi connectivity index (χ3v) is 26.6. The maximum Gasteiger partial charge on any atom is 0.246 e. The Morgan fingerprint density at radius 1 is 0.533 bits per heavy atom. The van der Waals surface area contributed by atoms with E-state index >= 15 is 38.4 Å². The second kappa shape index (κ2) is 51.1. The number of H-pyrrole nitrogens is 2. The summed E-state index contributed by atoms with van der Waals surface area (Å²) in [5, 5.41) is 52.2. The molecule has 0 saturated carbocycles. The highest BCUT2D eigenvalue weighted by atomic mass is 35.5. The number of thioether (sulfide) groups is 1. The second-order valence-corrected chi connectivity index (χ2v) is 37.1. The Bertz CT molecular complexity index is 5210. The Hall–Kier alpha value is -12.7. The molecule has 0 spiro atoms. The first-order valence-corrected chi connectivity index (χ1v) is 47.9. The van der Waals surface area contributed by atoms with Crippen LogP contribution >= 0.6 is 34.7 Å². The molecule has 732 valence electrons. The van der Waals surface area contributed by atoms with Crippen molar-refractivity contribution in [2.45, 2.75) is 235 Å². The SMILES string of the molecule is CCCC[C@H]1C(=O)N(C)[C@@H](CCCC)C(=O)N[C@@H](CCCNC(=N)N)C(=O)N[C@H](C(=O)NCC(N)=O)CSCC(=O)N[C@@H](Cc2ccc(Cl)cc2)C(=O)N(C)[C@@H](C)C(=O)N[C@@H](CC(N)=O)C(=O)N2CCC[C@H]2C(=O)N[C@@H](Cc2ccc[nH]2)C(=O)N[C@@H](CC(C)C)C(=O)N2CCC[C@H]2C(=O)N[C@@H](Cc2c[nH]c3ccccc23)C(=O)N[C@@H](CO)C(=O)N[C@@H](Cc2csc3ccccc23)C(=O)N1C. The van der Waals surface area contributed by atoms with Crippen molar-refractivity contribution in [2.24, 2.45) is 23.1 Å². The molecule has 3 aromatic carbocycles. The van der Waals surface area contributed by atoms with Gasteiger partial charge in [0.05, 0.1) is 25.3 Å². The molecule has 0 unspecified atom stereocenters. The van der Waals surface area contributed by atoms with Crippen molar-refractivity contribution in [3.05, 3.63) is 130 Å². The molecule has 0 bridgehead atoms. The molecule has 6 aromatic rings. The van der Waals surface area contributed by atoms with Gasteiger partial charge in [0.25, 0.3) is 0 Å². The zero-order valence-electron chi connectivity index (χ0n) is 77.2. The Kier molecular flexibility index (Phi) is 40.1. The van der Waals surface area contributed by atoms with Crippen LogP contribution in [-0.2, 0) is 107 Å². The first kappa shape index (κ1) is 106. The summed E-state index contributed by atoms with van der Waals surface area (Å²) in [6.07, 6.45) is 3.79. The third kappa shape index (κ3) is 29.9. The number of nitrogens with one attached hydrogen (secondary N) is 14. The minimum absolute atomic E-state index is 0.0000485. The molecule has 0 aliphatic carbocycles. The van der Waals surface area contributed by atoms with E-state index in [0.29, 0.717) is 64.0 Å². The highest BCUT2D eigenvalue weighted by Crippen LogP contribution is 2.30. The van der Waals surface area contributed by atoms with E-state index in [1.807, 2.05) is 51.3 Å². The predicted octanol–water partition coefficient (Wildman–Crippen LogP) is 0.387. The number of thiophene rings is 1. The molecule has 135 heavy (non-hydrogen) atoms. The van der Waals surface area contributed by atoms with Gasteiger partial charge in [-0.25, -0.2) is 0 Å². The lowest BCUT2D eigenvalue weighted by molar-refractivity contribution is -0.149. The number of aromatic nitrogens is 2. The van der Waals surface area contributed by atoms with Crippen LogP contribution in [0.2, 0.25) is 5.02 Å². The van der Waals surface area contributed by atoms with Gasteiger partial charge in [-0.3, -0.25) is 86.9 Å². The van der Waals surface area contributed by atoms with Crippen LogP contribution in [0.4, 0.5) is 0 Å². The number of likely N-dealkylation sites (N-methyl/N-ethyl adjacent to an activating group) is 3. The maximum atomic E-state index is 15.8. The zero-order chi connectivity index (χ0) is 98.4. The summed E-state index contributed by atoms with van der Waals surface area (Å²) in [6, 6.07) is 3.15. The van der Waals surface area contributed by atoms with Crippen molar-refractivity contribution >= 4 is 162 Å². The highest BCUT2D eigenvalue weighted by Gasteiger charge is 2.46. The van der Waals surface area contributed by atoms with E-state index < -0.39 is 222 Å². The maximum absolute atomic E-state index is 15.8. The highest BCUT2D eigenvalue weighted by molar-refractivity contribution is 8.00. The van der Waals surface area contributed by atoms with Crippen LogP contribution in [0.3, 0.4) is 0 Å². The van der Waals surface area contributed by atoms with Gasteiger partial charge in [0.2, 0.25) is 100 Å². The monoisotopic (exact) mass is 1930 g/mol. The van der Waals surface area contributed by atoms with E-state index in [-0.39, 0.29) is 109 Å². The molecule has 21 N–H and O–H groups in total. The average molecular weight is 1930 g/mol. The number of carbonyl (C=O) groups is 17. The van der Waals surface area contributed by atoms with E-state index in [1.54, 1.807) is 79.1 Å². The Morgan fingerprint density at radius 3 is 1.70 bits per heavy atom.